The Morgan fingerprint density at radius 3 is 3.08 bits per heavy atom. The molecule has 1 aliphatic heterocycles. The lowest BCUT2D eigenvalue weighted by Crippen LogP contribution is -2.09. The standard InChI is InChI=1S/C9H10ClNO/c10-8-5-7(11)4-6-2-1-3-12-9(6)8/h4-5H,1-3,11H2. The molecule has 1 heterocycles. The van der Waals surface area contributed by atoms with Gasteiger partial charge in [-0.05, 0) is 30.5 Å². The van der Waals surface area contributed by atoms with Crippen molar-refractivity contribution < 1.29 is 4.74 Å². The van der Waals surface area contributed by atoms with E-state index in [0.29, 0.717) is 10.7 Å². The fraction of sp³-hybridized carbons (Fsp3) is 0.333. The summed E-state index contributed by atoms with van der Waals surface area (Å²) in [6.07, 6.45) is 2.06. The van der Waals surface area contributed by atoms with Crippen molar-refractivity contribution in [3.63, 3.8) is 0 Å². The molecule has 0 atom stereocenters. The van der Waals surface area contributed by atoms with E-state index in [9.17, 15) is 0 Å². The van der Waals surface area contributed by atoms with Crippen LogP contribution in [0.15, 0.2) is 12.1 Å². The molecule has 0 saturated carbocycles. The lowest BCUT2D eigenvalue weighted by molar-refractivity contribution is 0.288. The van der Waals surface area contributed by atoms with Gasteiger partial charge in [0.2, 0.25) is 0 Å². The van der Waals surface area contributed by atoms with Crippen molar-refractivity contribution in [1.29, 1.82) is 0 Å². The number of nitrogens with two attached hydrogens (primary N) is 1. The Morgan fingerprint density at radius 2 is 2.25 bits per heavy atom. The van der Waals surface area contributed by atoms with Gasteiger partial charge in [-0.15, -0.1) is 0 Å². The van der Waals surface area contributed by atoms with Crippen LogP contribution in [-0.4, -0.2) is 6.61 Å². The maximum Gasteiger partial charge on any atom is 0.141 e. The zero-order valence-electron chi connectivity index (χ0n) is 6.64. The highest BCUT2D eigenvalue weighted by Crippen LogP contribution is 2.34. The first-order chi connectivity index (χ1) is 5.77. The summed E-state index contributed by atoms with van der Waals surface area (Å²) in [5, 5.41) is 0.629. The molecule has 0 aliphatic carbocycles. The van der Waals surface area contributed by atoms with E-state index in [0.717, 1.165) is 30.8 Å². The van der Waals surface area contributed by atoms with Crippen LogP contribution in [-0.2, 0) is 6.42 Å². The molecular weight excluding hydrogens is 174 g/mol. The predicted octanol–water partition coefficient (Wildman–Crippen LogP) is 2.25. The van der Waals surface area contributed by atoms with Crippen molar-refractivity contribution in [1.82, 2.24) is 0 Å². The number of benzene rings is 1. The van der Waals surface area contributed by atoms with Gasteiger partial charge in [0.05, 0.1) is 11.6 Å². The number of fused-ring (bicyclic) bond motifs is 1. The maximum atomic E-state index is 5.94. The van der Waals surface area contributed by atoms with E-state index in [2.05, 4.69) is 0 Å². The highest BCUT2D eigenvalue weighted by molar-refractivity contribution is 6.32. The minimum Gasteiger partial charge on any atom is -0.492 e. The number of hydrogen-bond donors (Lipinski definition) is 1. The molecule has 0 bridgehead atoms. The van der Waals surface area contributed by atoms with Gasteiger partial charge in [-0.25, -0.2) is 0 Å². The topological polar surface area (TPSA) is 35.2 Å². The molecule has 2 rings (SSSR count). The van der Waals surface area contributed by atoms with Crippen LogP contribution in [0.4, 0.5) is 5.69 Å². The summed E-state index contributed by atoms with van der Waals surface area (Å²) in [7, 11) is 0. The summed E-state index contributed by atoms with van der Waals surface area (Å²) in [5.41, 5.74) is 7.49. The number of rotatable bonds is 0. The average Bonchev–Trinajstić information content (AvgIpc) is 2.04. The Labute approximate surface area is 76.3 Å². The number of nitrogen functional groups attached to an aromatic ring is 1. The quantitative estimate of drug-likeness (QED) is 0.627. The lowest BCUT2D eigenvalue weighted by atomic mass is 10.1. The predicted molar refractivity (Wildman–Crippen MR) is 49.7 cm³/mol. The van der Waals surface area contributed by atoms with E-state index in [1.807, 2.05) is 6.07 Å². The van der Waals surface area contributed by atoms with Gasteiger partial charge >= 0.3 is 0 Å². The minimum absolute atomic E-state index is 0.629. The molecule has 0 spiro atoms. The Balaban J connectivity index is 2.53. The van der Waals surface area contributed by atoms with Gasteiger partial charge in [-0.2, -0.15) is 0 Å². The van der Waals surface area contributed by atoms with Crippen LogP contribution in [0.3, 0.4) is 0 Å². The normalized spacial score (nSPS) is 15.1. The van der Waals surface area contributed by atoms with Crippen molar-refractivity contribution in [2.45, 2.75) is 12.8 Å². The van der Waals surface area contributed by atoms with Gasteiger partial charge < -0.3 is 10.5 Å². The van der Waals surface area contributed by atoms with Gasteiger partial charge in [-0.1, -0.05) is 11.6 Å². The molecule has 0 radical (unpaired) electrons. The average molecular weight is 184 g/mol. The smallest absolute Gasteiger partial charge is 0.141 e. The fourth-order valence-electron chi connectivity index (χ4n) is 1.46. The van der Waals surface area contributed by atoms with Crippen LogP contribution in [0.25, 0.3) is 0 Å². The summed E-state index contributed by atoms with van der Waals surface area (Å²) in [4.78, 5) is 0. The first kappa shape index (κ1) is 7.74. The van der Waals surface area contributed by atoms with E-state index >= 15 is 0 Å². The second-order valence-electron chi connectivity index (χ2n) is 2.94. The van der Waals surface area contributed by atoms with Crippen molar-refractivity contribution in [3.8, 4) is 5.75 Å². The van der Waals surface area contributed by atoms with Gasteiger partial charge in [0, 0.05) is 5.69 Å². The van der Waals surface area contributed by atoms with Crippen LogP contribution in [0.5, 0.6) is 5.75 Å². The number of aryl methyl sites for hydroxylation is 1. The summed E-state index contributed by atoms with van der Waals surface area (Å²) in [6, 6.07) is 3.66. The molecule has 2 N–H and O–H groups in total. The summed E-state index contributed by atoms with van der Waals surface area (Å²) < 4.78 is 5.42. The van der Waals surface area contributed by atoms with Crippen LogP contribution in [0.2, 0.25) is 5.02 Å². The minimum atomic E-state index is 0.629. The highest BCUT2D eigenvalue weighted by atomic mass is 35.5. The Morgan fingerprint density at radius 1 is 1.42 bits per heavy atom. The van der Waals surface area contributed by atoms with Crippen molar-refractivity contribution in [2.24, 2.45) is 0 Å². The third-order valence-corrected chi connectivity index (χ3v) is 2.26. The SMILES string of the molecule is Nc1cc(Cl)c2c(c1)CCCO2. The first-order valence-electron chi connectivity index (χ1n) is 3.98. The largest absolute Gasteiger partial charge is 0.492 e. The van der Waals surface area contributed by atoms with Crippen molar-refractivity contribution >= 4 is 17.3 Å². The molecule has 1 aliphatic rings. The molecule has 3 heteroatoms. The Hall–Kier alpha value is -0.890. The van der Waals surface area contributed by atoms with E-state index in [1.165, 1.54) is 0 Å². The molecule has 0 amide bonds. The molecule has 64 valence electrons. The highest BCUT2D eigenvalue weighted by Gasteiger charge is 2.13. The Kier molecular flexibility index (Phi) is 1.85. The van der Waals surface area contributed by atoms with Gasteiger partial charge in [-0.3, -0.25) is 0 Å². The third-order valence-electron chi connectivity index (χ3n) is 1.98. The lowest BCUT2D eigenvalue weighted by Gasteiger charge is -2.18. The molecule has 0 aromatic heterocycles. The van der Waals surface area contributed by atoms with E-state index < -0.39 is 0 Å². The van der Waals surface area contributed by atoms with E-state index in [1.54, 1.807) is 6.07 Å². The summed E-state index contributed by atoms with van der Waals surface area (Å²) >= 11 is 5.94. The van der Waals surface area contributed by atoms with E-state index in [4.69, 9.17) is 22.1 Å². The van der Waals surface area contributed by atoms with Crippen molar-refractivity contribution in [2.75, 3.05) is 12.3 Å². The number of halogens is 1. The zero-order chi connectivity index (χ0) is 8.55. The second kappa shape index (κ2) is 2.87. The van der Waals surface area contributed by atoms with E-state index in [-0.39, 0.29) is 0 Å². The number of hydrogen-bond acceptors (Lipinski definition) is 2. The van der Waals surface area contributed by atoms with Gasteiger partial charge in [0.15, 0.2) is 0 Å². The van der Waals surface area contributed by atoms with Crippen LogP contribution >= 0.6 is 11.6 Å². The van der Waals surface area contributed by atoms with Gasteiger partial charge in [0.25, 0.3) is 0 Å². The van der Waals surface area contributed by atoms with Crippen LogP contribution in [0.1, 0.15) is 12.0 Å². The summed E-state index contributed by atoms with van der Waals surface area (Å²) in [5.74, 6) is 0.817. The molecule has 1 aromatic carbocycles. The molecule has 2 nitrogen and oxygen atoms in total. The van der Waals surface area contributed by atoms with Crippen LogP contribution in [0, 0.1) is 0 Å². The first-order valence-corrected chi connectivity index (χ1v) is 4.36. The molecular formula is C9H10ClNO. The van der Waals surface area contributed by atoms with Crippen molar-refractivity contribution in [3.05, 3.63) is 22.7 Å². The number of ether oxygens (including phenoxy) is 1. The molecule has 0 saturated heterocycles. The molecule has 0 fully saturated rings. The zero-order valence-corrected chi connectivity index (χ0v) is 7.40. The molecule has 0 unspecified atom stereocenters. The number of anilines is 1. The third kappa shape index (κ3) is 1.23. The van der Waals surface area contributed by atoms with Crippen LogP contribution < -0.4 is 10.5 Å². The maximum absolute atomic E-state index is 5.94. The Bertz CT molecular complexity index is 312. The summed E-state index contributed by atoms with van der Waals surface area (Å²) in [6.45, 7) is 0.761. The molecule has 1 aromatic rings. The molecule has 12 heavy (non-hydrogen) atoms. The monoisotopic (exact) mass is 183 g/mol. The second-order valence-corrected chi connectivity index (χ2v) is 3.35. The van der Waals surface area contributed by atoms with Gasteiger partial charge in [0.1, 0.15) is 5.75 Å². The fourth-order valence-corrected chi connectivity index (χ4v) is 1.76.